The summed E-state index contributed by atoms with van der Waals surface area (Å²) in [5, 5.41) is 1.22. The summed E-state index contributed by atoms with van der Waals surface area (Å²) in [6, 6.07) is 6.16. The summed E-state index contributed by atoms with van der Waals surface area (Å²) in [5.41, 5.74) is 2.55. The molecule has 2 rings (SSSR count). The van der Waals surface area contributed by atoms with Gasteiger partial charge in [0, 0.05) is 28.1 Å². The molecule has 2 aromatic rings. The fourth-order valence-electron chi connectivity index (χ4n) is 1.95. The number of fused-ring (bicyclic) bond motifs is 1. The molecule has 0 spiro atoms. The van der Waals surface area contributed by atoms with Gasteiger partial charge in [-0.2, -0.15) is 0 Å². The SMILES string of the molecule is CCc1c(Br)c2cc(OC)ccc2n1C. The number of methoxy groups -OCH3 is 1. The zero-order chi connectivity index (χ0) is 11.0. The van der Waals surface area contributed by atoms with Gasteiger partial charge in [-0.05, 0) is 40.5 Å². The van der Waals surface area contributed by atoms with Gasteiger partial charge in [-0.15, -0.1) is 0 Å². The van der Waals surface area contributed by atoms with Crippen LogP contribution in [0.1, 0.15) is 12.6 Å². The highest BCUT2D eigenvalue weighted by Crippen LogP contribution is 2.32. The van der Waals surface area contributed by atoms with Crippen LogP contribution in [0.2, 0.25) is 0 Å². The quantitative estimate of drug-likeness (QED) is 0.813. The normalized spacial score (nSPS) is 10.9. The van der Waals surface area contributed by atoms with Crippen LogP contribution in [0.3, 0.4) is 0 Å². The van der Waals surface area contributed by atoms with Gasteiger partial charge in [0.1, 0.15) is 5.75 Å². The van der Waals surface area contributed by atoms with Crippen molar-refractivity contribution < 1.29 is 4.74 Å². The van der Waals surface area contributed by atoms with E-state index in [0.717, 1.165) is 12.2 Å². The van der Waals surface area contributed by atoms with Gasteiger partial charge in [0.2, 0.25) is 0 Å². The maximum atomic E-state index is 5.23. The van der Waals surface area contributed by atoms with Crippen molar-refractivity contribution >= 4 is 26.8 Å². The summed E-state index contributed by atoms with van der Waals surface area (Å²) in [5.74, 6) is 0.899. The van der Waals surface area contributed by atoms with Crippen molar-refractivity contribution in [1.29, 1.82) is 0 Å². The average Bonchev–Trinajstić information content (AvgIpc) is 2.51. The van der Waals surface area contributed by atoms with E-state index in [2.05, 4.69) is 46.6 Å². The summed E-state index contributed by atoms with van der Waals surface area (Å²) >= 11 is 3.65. The van der Waals surface area contributed by atoms with Gasteiger partial charge in [-0.25, -0.2) is 0 Å². The molecule has 0 saturated heterocycles. The third kappa shape index (κ3) is 1.55. The van der Waals surface area contributed by atoms with E-state index in [-0.39, 0.29) is 0 Å². The fraction of sp³-hybridized carbons (Fsp3) is 0.333. The van der Waals surface area contributed by atoms with Crippen LogP contribution in [0.15, 0.2) is 22.7 Å². The summed E-state index contributed by atoms with van der Waals surface area (Å²) in [6.45, 7) is 2.16. The Kier molecular flexibility index (Phi) is 2.74. The van der Waals surface area contributed by atoms with Gasteiger partial charge in [0.25, 0.3) is 0 Å². The number of benzene rings is 1. The number of hydrogen-bond acceptors (Lipinski definition) is 1. The van der Waals surface area contributed by atoms with Crippen LogP contribution in [0, 0.1) is 0 Å². The van der Waals surface area contributed by atoms with Gasteiger partial charge >= 0.3 is 0 Å². The molecular weight excluding hydrogens is 254 g/mol. The molecule has 0 amide bonds. The number of aryl methyl sites for hydroxylation is 1. The van der Waals surface area contributed by atoms with Crippen molar-refractivity contribution in [2.45, 2.75) is 13.3 Å². The highest BCUT2D eigenvalue weighted by atomic mass is 79.9. The first-order valence-electron chi connectivity index (χ1n) is 4.99. The van der Waals surface area contributed by atoms with Crippen LogP contribution in [0.25, 0.3) is 10.9 Å². The summed E-state index contributed by atoms with van der Waals surface area (Å²) in [6.07, 6.45) is 1.02. The Labute approximate surface area is 98.0 Å². The number of aromatic nitrogens is 1. The minimum absolute atomic E-state index is 0.899. The molecule has 0 N–H and O–H groups in total. The monoisotopic (exact) mass is 267 g/mol. The molecule has 0 aliphatic carbocycles. The molecule has 0 unspecified atom stereocenters. The van der Waals surface area contributed by atoms with E-state index >= 15 is 0 Å². The molecule has 15 heavy (non-hydrogen) atoms. The van der Waals surface area contributed by atoms with Crippen LogP contribution in [0.4, 0.5) is 0 Å². The van der Waals surface area contributed by atoms with Crippen molar-refractivity contribution in [2.24, 2.45) is 7.05 Å². The van der Waals surface area contributed by atoms with Crippen molar-refractivity contribution in [3.05, 3.63) is 28.4 Å². The fourth-order valence-corrected chi connectivity index (χ4v) is 2.81. The lowest BCUT2D eigenvalue weighted by Gasteiger charge is -2.01. The number of ether oxygens (including phenoxy) is 1. The molecule has 0 aliphatic heterocycles. The Morgan fingerprint density at radius 3 is 2.73 bits per heavy atom. The topological polar surface area (TPSA) is 14.2 Å². The lowest BCUT2D eigenvalue weighted by Crippen LogP contribution is -1.93. The van der Waals surface area contributed by atoms with Crippen molar-refractivity contribution in [3.63, 3.8) is 0 Å². The first kappa shape index (κ1) is 10.6. The number of halogens is 1. The molecule has 80 valence electrons. The number of nitrogens with zero attached hydrogens (tertiary/aromatic N) is 1. The zero-order valence-electron chi connectivity index (χ0n) is 9.17. The highest BCUT2D eigenvalue weighted by Gasteiger charge is 2.11. The summed E-state index contributed by atoms with van der Waals surface area (Å²) < 4.78 is 8.63. The van der Waals surface area contributed by atoms with E-state index in [1.54, 1.807) is 7.11 Å². The molecular formula is C12H14BrNO. The second kappa shape index (κ2) is 3.89. The lowest BCUT2D eigenvalue weighted by molar-refractivity contribution is 0.415. The van der Waals surface area contributed by atoms with Gasteiger partial charge in [0.05, 0.1) is 7.11 Å². The number of rotatable bonds is 2. The third-order valence-corrected chi connectivity index (χ3v) is 3.68. The van der Waals surface area contributed by atoms with Gasteiger partial charge in [-0.1, -0.05) is 6.92 Å². The minimum Gasteiger partial charge on any atom is -0.497 e. The molecule has 1 aromatic heterocycles. The first-order valence-corrected chi connectivity index (χ1v) is 5.79. The summed E-state index contributed by atoms with van der Waals surface area (Å²) in [7, 11) is 3.79. The molecule has 0 fully saturated rings. The van der Waals surface area contributed by atoms with Crippen molar-refractivity contribution in [1.82, 2.24) is 4.57 Å². The maximum absolute atomic E-state index is 5.23. The van der Waals surface area contributed by atoms with E-state index in [4.69, 9.17) is 4.74 Å². The number of hydrogen-bond donors (Lipinski definition) is 0. The first-order chi connectivity index (χ1) is 7.19. The zero-order valence-corrected chi connectivity index (χ0v) is 10.8. The van der Waals surface area contributed by atoms with Crippen LogP contribution in [-0.4, -0.2) is 11.7 Å². The molecule has 0 bridgehead atoms. The van der Waals surface area contributed by atoms with E-state index in [9.17, 15) is 0 Å². The molecule has 1 heterocycles. The third-order valence-electron chi connectivity index (χ3n) is 2.79. The Morgan fingerprint density at radius 1 is 1.40 bits per heavy atom. The molecule has 2 nitrogen and oxygen atoms in total. The second-order valence-electron chi connectivity index (χ2n) is 3.56. The lowest BCUT2D eigenvalue weighted by atomic mass is 10.2. The molecule has 3 heteroatoms. The minimum atomic E-state index is 0.899. The van der Waals surface area contributed by atoms with Gasteiger partial charge < -0.3 is 9.30 Å². The molecule has 1 aromatic carbocycles. The van der Waals surface area contributed by atoms with Crippen molar-refractivity contribution in [3.8, 4) is 5.75 Å². The van der Waals surface area contributed by atoms with Crippen LogP contribution in [0.5, 0.6) is 5.75 Å². The average molecular weight is 268 g/mol. The largest absolute Gasteiger partial charge is 0.497 e. The van der Waals surface area contributed by atoms with Gasteiger partial charge in [0.15, 0.2) is 0 Å². The molecule has 0 radical (unpaired) electrons. The Balaban J connectivity index is 2.77. The highest BCUT2D eigenvalue weighted by molar-refractivity contribution is 9.10. The Bertz CT molecular complexity index is 502. The standard InChI is InChI=1S/C12H14BrNO/c1-4-10-12(13)9-7-8(15-3)5-6-11(9)14(10)2/h5-7H,4H2,1-3H3. The smallest absolute Gasteiger partial charge is 0.119 e. The van der Waals surface area contributed by atoms with E-state index in [1.165, 1.54) is 21.1 Å². The Morgan fingerprint density at radius 2 is 2.13 bits per heavy atom. The van der Waals surface area contributed by atoms with Gasteiger partial charge in [-0.3, -0.25) is 0 Å². The summed E-state index contributed by atoms with van der Waals surface area (Å²) in [4.78, 5) is 0. The maximum Gasteiger partial charge on any atom is 0.119 e. The van der Waals surface area contributed by atoms with E-state index in [0.29, 0.717) is 0 Å². The second-order valence-corrected chi connectivity index (χ2v) is 4.35. The van der Waals surface area contributed by atoms with Crippen molar-refractivity contribution in [2.75, 3.05) is 7.11 Å². The molecule has 0 atom stereocenters. The van der Waals surface area contributed by atoms with E-state index < -0.39 is 0 Å². The molecule has 0 saturated carbocycles. The molecule has 0 aliphatic rings. The van der Waals surface area contributed by atoms with Crippen LogP contribution in [-0.2, 0) is 13.5 Å². The predicted molar refractivity (Wildman–Crippen MR) is 66.5 cm³/mol. The van der Waals surface area contributed by atoms with Crippen LogP contribution >= 0.6 is 15.9 Å². The Hall–Kier alpha value is -0.960. The van der Waals surface area contributed by atoms with Crippen LogP contribution < -0.4 is 4.74 Å². The van der Waals surface area contributed by atoms with E-state index in [1.807, 2.05) is 6.07 Å². The predicted octanol–water partition coefficient (Wildman–Crippen LogP) is 3.51.